The summed E-state index contributed by atoms with van der Waals surface area (Å²) in [5.41, 5.74) is 0. The zero-order valence-corrected chi connectivity index (χ0v) is 9.28. The fraction of sp³-hybridized carbons (Fsp3) is 0.333. The van der Waals surface area contributed by atoms with E-state index in [0.29, 0.717) is 19.3 Å². The third kappa shape index (κ3) is 3.40. The lowest BCUT2D eigenvalue weighted by Gasteiger charge is -1.93. The largest absolute Gasteiger partial charge is 0.293 e. The van der Waals surface area contributed by atoms with E-state index in [1.807, 2.05) is 6.07 Å². The molecule has 1 aromatic rings. The number of Topliss-reactive ketones (excluding diaryl/α,β-unsaturated/α-hetero) is 1. The molecule has 0 saturated heterocycles. The van der Waals surface area contributed by atoms with Crippen molar-refractivity contribution in [2.24, 2.45) is 0 Å². The van der Waals surface area contributed by atoms with Crippen LogP contribution >= 0.6 is 27.3 Å². The van der Waals surface area contributed by atoms with Gasteiger partial charge in [-0.2, -0.15) is 0 Å². The maximum absolute atomic E-state index is 11.4. The molecular formula is C9H8BrO2S. The maximum atomic E-state index is 11.4. The Kier molecular flexibility index (Phi) is 4.32. The van der Waals surface area contributed by atoms with Crippen molar-refractivity contribution in [3.63, 3.8) is 0 Å². The molecule has 0 aliphatic carbocycles. The molecular weight excluding hydrogens is 252 g/mol. The molecule has 0 aliphatic heterocycles. The first kappa shape index (κ1) is 10.6. The Hall–Kier alpha value is -0.480. The highest BCUT2D eigenvalue weighted by molar-refractivity contribution is 9.11. The summed E-state index contributed by atoms with van der Waals surface area (Å²) in [6.45, 7) is 0. The molecule has 0 atom stereocenters. The lowest BCUT2D eigenvalue weighted by molar-refractivity contribution is 0.0984. The first-order valence-corrected chi connectivity index (χ1v) is 5.48. The first-order valence-electron chi connectivity index (χ1n) is 3.87. The zero-order valence-electron chi connectivity index (χ0n) is 6.88. The van der Waals surface area contributed by atoms with E-state index < -0.39 is 0 Å². The molecule has 1 rings (SSSR count). The number of hydrogen-bond acceptors (Lipinski definition) is 3. The summed E-state index contributed by atoms with van der Waals surface area (Å²) >= 11 is 4.71. The number of rotatable bonds is 5. The van der Waals surface area contributed by atoms with E-state index in [9.17, 15) is 9.59 Å². The summed E-state index contributed by atoms with van der Waals surface area (Å²) in [5, 5.41) is 0. The molecule has 1 radical (unpaired) electrons. The van der Waals surface area contributed by atoms with E-state index >= 15 is 0 Å². The highest BCUT2D eigenvalue weighted by Crippen LogP contribution is 2.23. The van der Waals surface area contributed by atoms with Gasteiger partial charge in [-0.15, -0.1) is 11.3 Å². The van der Waals surface area contributed by atoms with Crippen molar-refractivity contribution in [1.82, 2.24) is 0 Å². The Labute approximate surface area is 89.1 Å². The summed E-state index contributed by atoms with van der Waals surface area (Å²) in [6.07, 6.45) is 3.14. The number of halogens is 1. The second-order valence-electron chi connectivity index (χ2n) is 2.52. The Balaban J connectivity index is 2.44. The fourth-order valence-corrected chi connectivity index (χ4v) is 2.26. The van der Waals surface area contributed by atoms with Crippen LogP contribution in [-0.4, -0.2) is 12.1 Å². The molecule has 0 aromatic carbocycles. The van der Waals surface area contributed by atoms with Gasteiger partial charge in [-0.05, 0) is 34.5 Å². The van der Waals surface area contributed by atoms with Crippen molar-refractivity contribution in [3.05, 3.63) is 20.8 Å². The monoisotopic (exact) mass is 259 g/mol. The minimum atomic E-state index is 0.103. The van der Waals surface area contributed by atoms with Crippen LogP contribution in [0.5, 0.6) is 0 Å². The predicted molar refractivity (Wildman–Crippen MR) is 55.9 cm³/mol. The van der Waals surface area contributed by atoms with Gasteiger partial charge in [0.15, 0.2) is 12.1 Å². The molecule has 0 amide bonds. The van der Waals surface area contributed by atoms with Crippen LogP contribution in [0.1, 0.15) is 28.9 Å². The van der Waals surface area contributed by atoms with Gasteiger partial charge in [0.25, 0.3) is 0 Å². The molecule has 1 heterocycles. The number of hydrogen-bond donors (Lipinski definition) is 0. The molecule has 0 N–H and O–H groups in total. The second-order valence-corrected chi connectivity index (χ2v) is 4.99. The molecule has 13 heavy (non-hydrogen) atoms. The predicted octanol–water partition coefficient (Wildman–Crippen LogP) is 2.97. The van der Waals surface area contributed by atoms with E-state index in [1.54, 1.807) is 12.4 Å². The number of carbonyl (C=O) groups is 1. The van der Waals surface area contributed by atoms with Gasteiger partial charge in [0.2, 0.25) is 0 Å². The second kappa shape index (κ2) is 5.29. The molecule has 0 aliphatic rings. The lowest BCUT2D eigenvalue weighted by Crippen LogP contribution is -1.95. The van der Waals surface area contributed by atoms with Gasteiger partial charge in [0.05, 0.1) is 8.66 Å². The number of ketones is 1. The molecule has 4 heteroatoms. The van der Waals surface area contributed by atoms with E-state index in [-0.39, 0.29) is 5.78 Å². The van der Waals surface area contributed by atoms with Crippen LogP contribution in [0.25, 0.3) is 0 Å². The van der Waals surface area contributed by atoms with Gasteiger partial charge >= 0.3 is 0 Å². The van der Waals surface area contributed by atoms with E-state index in [2.05, 4.69) is 15.9 Å². The first-order chi connectivity index (χ1) is 6.24. The van der Waals surface area contributed by atoms with Crippen molar-refractivity contribution in [2.45, 2.75) is 19.3 Å². The topological polar surface area (TPSA) is 34.1 Å². The molecule has 0 spiro atoms. The molecule has 0 saturated carbocycles. The lowest BCUT2D eigenvalue weighted by atomic mass is 10.1. The minimum absolute atomic E-state index is 0.103. The van der Waals surface area contributed by atoms with Crippen molar-refractivity contribution < 1.29 is 9.59 Å². The van der Waals surface area contributed by atoms with Crippen molar-refractivity contribution >= 4 is 39.3 Å². The third-order valence-electron chi connectivity index (χ3n) is 1.53. The van der Waals surface area contributed by atoms with E-state index in [1.165, 1.54) is 11.3 Å². The highest BCUT2D eigenvalue weighted by Gasteiger charge is 2.07. The maximum Gasteiger partial charge on any atom is 0.198 e. The van der Waals surface area contributed by atoms with Crippen LogP contribution in [0.3, 0.4) is 0 Å². The Morgan fingerprint density at radius 2 is 2.31 bits per heavy atom. The van der Waals surface area contributed by atoms with Crippen molar-refractivity contribution in [1.29, 1.82) is 0 Å². The van der Waals surface area contributed by atoms with Crippen LogP contribution in [0.2, 0.25) is 0 Å². The number of carbonyl (C=O) groups excluding carboxylic acids is 2. The Morgan fingerprint density at radius 1 is 1.54 bits per heavy atom. The summed E-state index contributed by atoms with van der Waals surface area (Å²) < 4.78 is 0.956. The van der Waals surface area contributed by atoms with E-state index in [0.717, 1.165) is 8.66 Å². The summed E-state index contributed by atoms with van der Waals surface area (Å²) in [6, 6.07) is 3.64. The van der Waals surface area contributed by atoms with Gasteiger partial charge in [0.1, 0.15) is 0 Å². The summed E-state index contributed by atoms with van der Waals surface area (Å²) in [5.74, 6) is 0.103. The van der Waals surface area contributed by atoms with Gasteiger partial charge in [-0.25, -0.2) is 0 Å². The normalized spacial score (nSPS) is 9.92. The van der Waals surface area contributed by atoms with Gasteiger partial charge in [0, 0.05) is 12.8 Å². The quantitative estimate of drug-likeness (QED) is 0.602. The molecule has 0 fully saturated rings. The van der Waals surface area contributed by atoms with Gasteiger partial charge in [-0.3, -0.25) is 9.59 Å². The third-order valence-corrected chi connectivity index (χ3v) is 3.20. The van der Waals surface area contributed by atoms with E-state index in [4.69, 9.17) is 0 Å². The highest BCUT2D eigenvalue weighted by atomic mass is 79.9. The SMILES string of the molecule is O=[C]CCCC(=O)c1ccc(Br)s1. The van der Waals surface area contributed by atoms with Crippen molar-refractivity contribution in [2.75, 3.05) is 0 Å². The minimum Gasteiger partial charge on any atom is -0.293 e. The average Bonchev–Trinajstić information content (AvgIpc) is 2.52. The van der Waals surface area contributed by atoms with Crippen LogP contribution in [-0.2, 0) is 4.79 Å². The molecule has 69 valence electrons. The molecule has 2 nitrogen and oxygen atoms in total. The Bertz CT molecular complexity index is 306. The van der Waals surface area contributed by atoms with Crippen molar-refractivity contribution in [3.8, 4) is 0 Å². The fourth-order valence-electron chi connectivity index (χ4n) is 0.908. The number of unbranched alkanes of at least 4 members (excludes halogenated alkanes) is 1. The van der Waals surface area contributed by atoms with Crippen LogP contribution in [0.15, 0.2) is 15.9 Å². The Morgan fingerprint density at radius 3 is 2.85 bits per heavy atom. The van der Waals surface area contributed by atoms with Crippen LogP contribution in [0, 0.1) is 0 Å². The molecule has 1 aromatic heterocycles. The zero-order chi connectivity index (χ0) is 9.68. The smallest absolute Gasteiger partial charge is 0.198 e. The standard InChI is InChI=1S/C9H8BrO2S/c10-9-5-4-8(13-9)7(12)3-1-2-6-11/h4-5H,1-3H2. The van der Waals surface area contributed by atoms with Crippen LogP contribution < -0.4 is 0 Å². The molecule has 0 bridgehead atoms. The summed E-state index contributed by atoms with van der Waals surface area (Å²) in [7, 11) is 0. The van der Waals surface area contributed by atoms with Gasteiger partial charge < -0.3 is 0 Å². The number of thiophene rings is 1. The molecule has 0 unspecified atom stereocenters. The van der Waals surface area contributed by atoms with Crippen LogP contribution in [0.4, 0.5) is 0 Å². The van der Waals surface area contributed by atoms with Gasteiger partial charge in [-0.1, -0.05) is 0 Å². The average molecular weight is 260 g/mol. The summed E-state index contributed by atoms with van der Waals surface area (Å²) in [4.78, 5) is 22.0.